The summed E-state index contributed by atoms with van der Waals surface area (Å²) >= 11 is 0. The van der Waals surface area contributed by atoms with Crippen LogP contribution in [-0.2, 0) is 12.8 Å². The van der Waals surface area contributed by atoms with E-state index >= 15 is 0 Å². The van der Waals surface area contributed by atoms with Crippen molar-refractivity contribution in [3.8, 4) is 0 Å². The lowest BCUT2D eigenvalue weighted by atomic mass is 9.91. The van der Waals surface area contributed by atoms with E-state index in [1.54, 1.807) is 0 Å². The van der Waals surface area contributed by atoms with Crippen LogP contribution in [0.25, 0.3) is 16.8 Å². The van der Waals surface area contributed by atoms with Crippen LogP contribution in [0.2, 0.25) is 0 Å². The van der Waals surface area contributed by atoms with Crippen LogP contribution in [-0.4, -0.2) is 0 Å². The van der Waals surface area contributed by atoms with E-state index in [-0.39, 0.29) is 0 Å². The Kier molecular flexibility index (Phi) is 3.19. The molecule has 0 amide bonds. The van der Waals surface area contributed by atoms with Crippen molar-refractivity contribution in [1.82, 2.24) is 0 Å². The third kappa shape index (κ3) is 2.08. The molecule has 0 unspecified atom stereocenters. The second kappa shape index (κ2) is 4.97. The molecule has 0 heterocycles. The summed E-state index contributed by atoms with van der Waals surface area (Å²) in [6.45, 7) is 2.26. The summed E-state index contributed by atoms with van der Waals surface area (Å²) in [5.74, 6) is 0. The molecule has 0 nitrogen and oxygen atoms in total. The van der Waals surface area contributed by atoms with Gasteiger partial charge in [0, 0.05) is 0 Å². The van der Waals surface area contributed by atoms with Gasteiger partial charge in [-0.05, 0) is 59.2 Å². The first-order valence-electron chi connectivity index (χ1n) is 7.09. The number of allylic oxidation sites excluding steroid dienone is 1. The van der Waals surface area contributed by atoms with Gasteiger partial charge >= 0.3 is 0 Å². The number of benzene rings is 2. The van der Waals surface area contributed by atoms with Crippen LogP contribution in [0.5, 0.6) is 0 Å². The standard InChI is InChI=1S/C18H20/c1-2-3-7-14-10-6-11-17-12-15-8-4-5-9-16(15)13-18(14)17/h4,6,8,10-13H,2-3,5,7,9H2,1H3. The molecular formula is C18H20. The zero-order valence-electron chi connectivity index (χ0n) is 11.1. The Morgan fingerprint density at radius 2 is 2.11 bits per heavy atom. The lowest BCUT2D eigenvalue weighted by Crippen LogP contribution is -1.96. The summed E-state index contributed by atoms with van der Waals surface area (Å²) in [7, 11) is 0. The van der Waals surface area contributed by atoms with Gasteiger partial charge in [0.1, 0.15) is 0 Å². The van der Waals surface area contributed by atoms with Gasteiger partial charge in [0.2, 0.25) is 0 Å². The molecule has 2 aromatic rings. The van der Waals surface area contributed by atoms with Gasteiger partial charge in [0.05, 0.1) is 0 Å². The van der Waals surface area contributed by atoms with Crippen LogP contribution >= 0.6 is 0 Å². The number of hydrogen-bond acceptors (Lipinski definition) is 0. The highest BCUT2D eigenvalue weighted by Gasteiger charge is 2.08. The molecule has 0 radical (unpaired) electrons. The highest BCUT2D eigenvalue weighted by molar-refractivity contribution is 5.89. The number of fused-ring (bicyclic) bond motifs is 2. The second-order valence-electron chi connectivity index (χ2n) is 5.23. The molecule has 0 aliphatic heterocycles. The fourth-order valence-corrected chi connectivity index (χ4v) is 2.86. The SMILES string of the molecule is CCCCc1cccc2cc3c(cc12)CCC=C3. The summed E-state index contributed by atoms with van der Waals surface area (Å²) in [5, 5.41) is 2.87. The predicted molar refractivity (Wildman–Crippen MR) is 79.9 cm³/mol. The van der Waals surface area contributed by atoms with Crippen molar-refractivity contribution in [2.24, 2.45) is 0 Å². The maximum absolute atomic E-state index is 2.43. The van der Waals surface area contributed by atoms with E-state index in [9.17, 15) is 0 Å². The van der Waals surface area contributed by atoms with E-state index in [1.807, 2.05) is 0 Å². The van der Waals surface area contributed by atoms with Crippen LogP contribution in [0.15, 0.2) is 36.4 Å². The van der Waals surface area contributed by atoms with Gasteiger partial charge < -0.3 is 0 Å². The van der Waals surface area contributed by atoms with Crippen LogP contribution in [0.3, 0.4) is 0 Å². The molecule has 0 saturated heterocycles. The Bertz CT molecular complexity index is 590. The van der Waals surface area contributed by atoms with Crippen molar-refractivity contribution < 1.29 is 0 Å². The van der Waals surface area contributed by atoms with Gasteiger partial charge in [-0.15, -0.1) is 0 Å². The first kappa shape index (κ1) is 11.5. The lowest BCUT2D eigenvalue weighted by molar-refractivity contribution is 0.799. The first-order chi connectivity index (χ1) is 8.88. The monoisotopic (exact) mass is 236 g/mol. The summed E-state index contributed by atoms with van der Waals surface area (Å²) in [5.41, 5.74) is 4.46. The molecule has 1 aliphatic rings. The summed E-state index contributed by atoms with van der Waals surface area (Å²) in [4.78, 5) is 0. The topological polar surface area (TPSA) is 0 Å². The summed E-state index contributed by atoms with van der Waals surface area (Å²) in [6.07, 6.45) is 10.7. The molecule has 2 aromatic carbocycles. The normalized spacial score (nSPS) is 13.8. The van der Waals surface area contributed by atoms with Gasteiger partial charge in [0.15, 0.2) is 0 Å². The molecule has 92 valence electrons. The highest BCUT2D eigenvalue weighted by atomic mass is 14.1. The lowest BCUT2D eigenvalue weighted by Gasteiger charge is -2.14. The van der Waals surface area contributed by atoms with Crippen molar-refractivity contribution in [3.05, 3.63) is 53.1 Å². The minimum Gasteiger partial charge on any atom is -0.0836 e. The van der Waals surface area contributed by atoms with Crippen LogP contribution in [0.1, 0.15) is 42.9 Å². The average Bonchev–Trinajstić information content (AvgIpc) is 2.43. The molecule has 0 fully saturated rings. The van der Waals surface area contributed by atoms with Crippen molar-refractivity contribution >= 4 is 16.8 Å². The highest BCUT2D eigenvalue weighted by Crippen LogP contribution is 2.28. The van der Waals surface area contributed by atoms with Crippen molar-refractivity contribution in [3.63, 3.8) is 0 Å². The molecule has 1 aliphatic carbocycles. The fraction of sp³-hybridized carbons (Fsp3) is 0.333. The zero-order valence-corrected chi connectivity index (χ0v) is 11.1. The Morgan fingerprint density at radius 3 is 3.00 bits per heavy atom. The molecule has 3 rings (SSSR count). The number of unbranched alkanes of at least 4 members (excludes halogenated alkanes) is 1. The van der Waals surface area contributed by atoms with E-state index in [0.717, 1.165) is 0 Å². The average molecular weight is 236 g/mol. The van der Waals surface area contributed by atoms with E-state index in [4.69, 9.17) is 0 Å². The van der Waals surface area contributed by atoms with E-state index in [2.05, 4.69) is 49.4 Å². The number of rotatable bonds is 3. The first-order valence-corrected chi connectivity index (χ1v) is 7.09. The molecule has 0 N–H and O–H groups in total. The van der Waals surface area contributed by atoms with Gasteiger partial charge in [-0.25, -0.2) is 0 Å². The fourth-order valence-electron chi connectivity index (χ4n) is 2.86. The van der Waals surface area contributed by atoms with Gasteiger partial charge in [-0.2, -0.15) is 0 Å². The third-order valence-corrected chi connectivity index (χ3v) is 3.91. The van der Waals surface area contributed by atoms with Crippen LogP contribution in [0.4, 0.5) is 0 Å². The number of hydrogen-bond donors (Lipinski definition) is 0. The Morgan fingerprint density at radius 1 is 1.17 bits per heavy atom. The maximum Gasteiger partial charge on any atom is -0.0149 e. The Balaban J connectivity index is 2.12. The second-order valence-corrected chi connectivity index (χ2v) is 5.23. The smallest absolute Gasteiger partial charge is 0.0149 e. The minimum absolute atomic E-state index is 1.19. The quantitative estimate of drug-likeness (QED) is 0.692. The van der Waals surface area contributed by atoms with Crippen LogP contribution < -0.4 is 0 Å². The summed E-state index contributed by atoms with van der Waals surface area (Å²) < 4.78 is 0. The molecule has 0 heteroatoms. The molecule has 0 saturated carbocycles. The van der Waals surface area contributed by atoms with E-state index in [1.165, 1.54) is 59.6 Å². The van der Waals surface area contributed by atoms with E-state index in [0.29, 0.717) is 0 Å². The summed E-state index contributed by atoms with van der Waals surface area (Å²) in [6, 6.07) is 11.5. The Labute approximate surface area is 109 Å². The molecule has 18 heavy (non-hydrogen) atoms. The van der Waals surface area contributed by atoms with Crippen molar-refractivity contribution in [2.75, 3.05) is 0 Å². The van der Waals surface area contributed by atoms with Gasteiger partial charge in [0.25, 0.3) is 0 Å². The van der Waals surface area contributed by atoms with E-state index < -0.39 is 0 Å². The van der Waals surface area contributed by atoms with Gasteiger partial charge in [-0.3, -0.25) is 0 Å². The largest absolute Gasteiger partial charge is 0.0836 e. The molecule has 0 atom stereocenters. The Hall–Kier alpha value is -1.56. The molecular weight excluding hydrogens is 216 g/mol. The van der Waals surface area contributed by atoms with Crippen LogP contribution in [0, 0.1) is 0 Å². The zero-order chi connectivity index (χ0) is 12.4. The molecule has 0 bridgehead atoms. The predicted octanol–water partition coefficient (Wildman–Crippen LogP) is 5.14. The van der Waals surface area contributed by atoms with Crippen molar-refractivity contribution in [2.45, 2.75) is 39.0 Å². The van der Waals surface area contributed by atoms with Gasteiger partial charge in [-0.1, -0.05) is 49.8 Å². The molecule has 0 aromatic heterocycles. The van der Waals surface area contributed by atoms with Crippen molar-refractivity contribution in [1.29, 1.82) is 0 Å². The maximum atomic E-state index is 2.43. The minimum atomic E-state index is 1.19. The third-order valence-electron chi connectivity index (χ3n) is 3.91. The molecule has 0 spiro atoms. The number of aryl methyl sites for hydroxylation is 2.